The lowest BCUT2D eigenvalue weighted by Gasteiger charge is -2.10. The molecule has 2 rings (SSSR count). The summed E-state index contributed by atoms with van der Waals surface area (Å²) in [5, 5.41) is 3.30. The van der Waals surface area contributed by atoms with Gasteiger partial charge in [0.1, 0.15) is 11.6 Å². The molecule has 0 saturated heterocycles. The quantitative estimate of drug-likeness (QED) is 0.882. The summed E-state index contributed by atoms with van der Waals surface area (Å²) in [7, 11) is 0. The van der Waals surface area contributed by atoms with Gasteiger partial charge in [0.25, 0.3) is 0 Å². The predicted molar refractivity (Wildman–Crippen MR) is 74.8 cm³/mol. The summed E-state index contributed by atoms with van der Waals surface area (Å²) >= 11 is 0. The maximum Gasteiger partial charge on any atom is 0.168 e. The SMILES string of the molecule is CC(C)NCc1ccc(Oc2ccc(F)cc2F)cc1. The number of benzene rings is 2. The Morgan fingerprint density at radius 1 is 1.05 bits per heavy atom. The molecule has 0 aromatic heterocycles. The highest BCUT2D eigenvalue weighted by molar-refractivity contribution is 5.34. The van der Waals surface area contributed by atoms with Gasteiger partial charge in [-0.05, 0) is 29.8 Å². The van der Waals surface area contributed by atoms with E-state index in [0.29, 0.717) is 11.8 Å². The molecule has 0 radical (unpaired) electrons. The van der Waals surface area contributed by atoms with Crippen LogP contribution in [0.4, 0.5) is 8.78 Å². The molecule has 0 spiro atoms. The van der Waals surface area contributed by atoms with Crippen molar-refractivity contribution in [2.24, 2.45) is 0 Å². The van der Waals surface area contributed by atoms with Crippen molar-refractivity contribution in [3.63, 3.8) is 0 Å². The average Bonchev–Trinajstić information content (AvgIpc) is 2.41. The van der Waals surface area contributed by atoms with E-state index in [9.17, 15) is 8.78 Å². The van der Waals surface area contributed by atoms with E-state index in [2.05, 4.69) is 19.2 Å². The highest BCUT2D eigenvalue weighted by Crippen LogP contribution is 2.25. The van der Waals surface area contributed by atoms with Crippen molar-refractivity contribution in [2.75, 3.05) is 0 Å². The van der Waals surface area contributed by atoms with Crippen LogP contribution in [0, 0.1) is 11.6 Å². The monoisotopic (exact) mass is 277 g/mol. The standard InChI is InChI=1S/C16H17F2NO/c1-11(2)19-10-12-3-6-14(7-4-12)20-16-8-5-13(17)9-15(16)18/h3-9,11,19H,10H2,1-2H3. The number of nitrogens with one attached hydrogen (secondary N) is 1. The Kier molecular flexibility index (Phi) is 4.69. The first-order valence-electron chi connectivity index (χ1n) is 6.50. The molecule has 2 nitrogen and oxygen atoms in total. The molecule has 0 fully saturated rings. The van der Waals surface area contributed by atoms with E-state index in [0.717, 1.165) is 18.2 Å². The van der Waals surface area contributed by atoms with E-state index in [1.807, 2.05) is 12.1 Å². The third kappa shape index (κ3) is 4.03. The predicted octanol–water partition coefficient (Wildman–Crippen LogP) is 4.26. The van der Waals surface area contributed by atoms with Crippen LogP contribution in [0.5, 0.6) is 11.5 Å². The fourth-order valence-corrected chi connectivity index (χ4v) is 1.68. The number of hydrogen-bond donors (Lipinski definition) is 1. The Morgan fingerprint density at radius 2 is 1.75 bits per heavy atom. The Balaban J connectivity index is 2.03. The van der Waals surface area contributed by atoms with Crippen molar-refractivity contribution in [1.82, 2.24) is 5.32 Å². The minimum absolute atomic E-state index is 0.0134. The maximum absolute atomic E-state index is 13.4. The van der Waals surface area contributed by atoms with Crippen LogP contribution in [0.15, 0.2) is 42.5 Å². The summed E-state index contributed by atoms with van der Waals surface area (Å²) in [5.74, 6) is -0.802. The Hall–Kier alpha value is -1.94. The van der Waals surface area contributed by atoms with Gasteiger partial charge in [0, 0.05) is 18.7 Å². The van der Waals surface area contributed by atoms with Gasteiger partial charge in [0.05, 0.1) is 0 Å². The van der Waals surface area contributed by atoms with E-state index in [1.165, 1.54) is 12.1 Å². The molecule has 0 atom stereocenters. The highest BCUT2D eigenvalue weighted by Gasteiger charge is 2.06. The van der Waals surface area contributed by atoms with Gasteiger partial charge in [0.2, 0.25) is 0 Å². The molecule has 0 unspecified atom stereocenters. The van der Waals surface area contributed by atoms with Crippen molar-refractivity contribution in [3.8, 4) is 11.5 Å². The third-order valence-electron chi connectivity index (χ3n) is 2.76. The van der Waals surface area contributed by atoms with E-state index < -0.39 is 11.6 Å². The lowest BCUT2D eigenvalue weighted by Crippen LogP contribution is -2.21. The topological polar surface area (TPSA) is 21.3 Å². The van der Waals surface area contributed by atoms with Crippen molar-refractivity contribution in [3.05, 3.63) is 59.7 Å². The zero-order chi connectivity index (χ0) is 14.5. The lowest BCUT2D eigenvalue weighted by atomic mass is 10.2. The normalized spacial score (nSPS) is 10.8. The van der Waals surface area contributed by atoms with Crippen LogP contribution in [0.1, 0.15) is 19.4 Å². The lowest BCUT2D eigenvalue weighted by molar-refractivity contribution is 0.437. The first-order valence-corrected chi connectivity index (χ1v) is 6.50. The maximum atomic E-state index is 13.4. The zero-order valence-electron chi connectivity index (χ0n) is 11.5. The Bertz CT molecular complexity index is 567. The van der Waals surface area contributed by atoms with Crippen LogP contribution in [-0.4, -0.2) is 6.04 Å². The number of halogens is 2. The van der Waals surface area contributed by atoms with Gasteiger partial charge in [-0.25, -0.2) is 8.78 Å². The summed E-state index contributed by atoms with van der Waals surface area (Å²) in [6.45, 7) is 4.92. The van der Waals surface area contributed by atoms with Gasteiger partial charge in [-0.15, -0.1) is 0 Å². The van der Waals surface area contributed by atoms with E-state index in [4.69, 9.17) is 4.74 Å². The van der Waals surface area contributed by atoms with Crippen molar-refractivity contribution < 1.29 is 13.5 Å². The minimum atomic E-state index is -0.712. The second-order valence-electron chi connectivity index (χ2n) is 4.86. The van der Waals surface area contributed by atoms with Crippen LogP contribution in [0.3, 0.4) is 0 Å². The molecule has 0 saturated carbocycles. The average molecular weight is 277 g/mol. The van der Waals surface area contributed by atoms with Crippen LogP contribution >= 0.6 is 0 Å². The number of hydrogen-bond acceptors (Lipinski definition) is 2. The largest absolute Gasteiger partial charge is 0.454 e. The third-order valence-corrected chi connectivity index (χ3v) is 2.76. The summed E-state index contributed by atoms with van der Waals surface area (Å²) in [4.78, 5) is 0. The molecule has 0 aliphatic rings. The zero-order valence-corrected chi connectivity index (χ0v) is 11.5. The van der Waals surface area contributed by atoms with Gasteiger partial charge >= 0.3 is 0 Å². The van der Waals surface area contributed by atoms with Crippen LogP contribution < -0.4 is 10.1 Å². The van der Waals surface area contributed by atoms with Gasteiger partial charge in [-0.1, -0.05) is 26.0 Å². The summed E-state index contributed by atoms with van der Waals surface area (Å²) in [6.07, 6.45) is 0. The summed E-state index contributed by atoms with van der Waals surface area (Å²) in [6, 6.07) is 11.0. The van der Waals surface area contributed by atoms with Gasteiger partial charge in [-0.2, -0.15) is 0 Å². The molecule has 0 aliphatic heterocycles. The fraction of sp³-hybridized carbons (Fsp3) is 0.250. The van der Waals surface area contributed by atoms with Crippen LogP contribution in [0.2, 0.25) is 0 Å². The summed E-state index contributed by atoms with van der Waals surface area (Å²) < 4.78 is 31.6. The molecule has 0 bridgehead atoms. The molecule has 20 heavy (non-hydrogen) atoms. The minimum Gasteiger partial charge on any atom is -0.454 e. The smallest absolute Gasteiger partial charge is 0.168 e. The molecule has 2 aromatic carbocycles. The Labute approximate surface area is 117 Å². The molecule has 0 heterocycles. The number of rotatable bonds is 5. The molecule has 0 amide bonds. The van der Waals surface area contributed by atoms with E-state index in [1.54, 1.807) is 12.1 Å². The van der Waals surface area contributed by atoms with Crippen molar-refractivity contribution in [2.45, 2.75) is 26.4 Å². The second-order valence-corrected chi connectivity index (χ2v) is 4.86. The van der Waals surface area contributed by atoms with Crippen molar-refractivity contribution in [1.29, 1.82) is 0 Å². The highest BCUT2D eigenvalue weighted by atomic mass is 19.1. The van der Waals surface area contributed by atoms with E-state index in [-0.39, 0.29) is 5.75 Å². The van der Waals surface area contributed by atoms with Gasteiger partial charge in [0.15, 0.2) is 11.6 Å². The van der Waals surface area contributed by atoms with Crippen LogP contribution in [0.25, 0.3) is 0 Å². The van der Waals surface area contributed by atoms with Crippen LogP contribution in [-0.2, 0) is 6.54 Å². The molecule has 2 aromatic rings. The molecule has 0 aliphatic carbocycles. The fourth-order valence-electron chi connectivity index (χ4n) is 1.68. The summed E-state index contributed by atoms with van der Waals surface area (Å²) in [5.41, 5.74) is 1.12. The van der Waals surface area contributed by atoms with E-state index >= 15 is 0 Å². The van der Waals surface area contributed by atoms with Gasteiger partial charge in [-0.3, -0.25) is 0 Å². The second kappa shape index (κ2) is 6.48. The molecule has 4 heteroatoms. The Morgan fingerprint density at radius 3 is 2.35 bits per heavy atom. The number of ether oxygens (including phenoxy) is 1. The van der Waals surface area contributed by atoms with Gasteiger partial charge < -0.3 is 10.1 Å². The molecule has 106 valence electrons. The first kappa shape index (κ1) is 14.5. The molecular formula is C16H17F2NO. The molecule has 1 N–H and O–H groups in total. The first-order chi connectivity index (χ1) is 9.54. The molecular weight excluding hydrogens is 260 g/mol. The van der Waals surface area contributed by atoms with Crippen molar-refractivity contribution >= 4 is 0 Å².